The topological polar surface area (TPSA) is 93.2 Å². The first kappa shape index (κ1) is 20.8. The van der Waals surface area contributed by atoms with E-state index in [0.29, 0.717) is 19.5 Å². The highest BCUT2D eigenvalue weighted by Crippen LogP contribution is 2.36. The molecule has 3 atom stereocenters. The average Bonchev–Trinajstić information content (AvgIpc) is 3.33. The minimum atomic E-state index is -0.594. The molecule has 1 saturated heterocycles. The number of carbonyl (C=O) groups excluding carboxylic acids is 2. The molecule has 1 aromatic heterocycles. The largest absolute Gasteiger partial charge is 0.368 e. The second kappa shape index (κ2) is 9.14. The highest BCUT2D eigenvalue weighted by molar-refractivity contribution is 5.81. The number of benzene rings is 2. The number of carbonyl (C=O) groups is 2. The molecule has 1 aliphatic rings. The Labute approximate surface area is 181 Å². The normalized spacial score (nSPS) is 19.5. The van der Waals surface area contributed by atoms with Crippen LogP contribution in [0, 0.1) is 5.92 Å². The molecule has 160 valence electrons. The van der Waals surface area contributed by atoms with Gasteiger partial charge in [0.25, 0.3) is 0 Å². The van der Waals surface area contributed by atoms with E-state index in [1.54, 1.807) is 4.90 Å². The van der Waals surface area contributed by atoms with Crippen LogP contribution in [0.2, 0.25) is 0 Å². The van der Waals surface area contributed by atoms with Gasteiger partial charge in [-0.2, -0.15) is 5.10 Å². The highest BCUT2D eigenvalue weighted by atomic mass is 16.2. The van der Waals surface area contributed by atoms with Crippen molar-refractivity contribution >= 4 is 11.8 Å². The summed E-state index contributed by atoms with van der Waals surface area (Å²) in [6.07, 6.45) is 4.25. The van der Waals surface area contributed by atoms with Gasteiger partial charge in [0.2, 0.25) is 11.8 Å². The van der Waals surface area contributed by atoms with Crippen molar-refractivity contribution in [1.82, 2.24) is 20.0 Å². The molecule has 4 rings (SSSR count). The van der Waals surface area contributed by atoms with Gasteiger partial charge in [-0.3, -0.25) is 14.3 Å². The van der Waals surface area contributed by atoms with Gasteiger partial charge in [-0.05, 0) is 11.1 Å². The molecule has 3 N–H and O–H groups in total. The van der Waals surface area contributed by atoms with Gasteiger partial charge in [-0.1, -0.05) is 60.7 Å². The number of likely N-dealkylation sites (tertiary alicyclic amines) is 1. The van der Waals surface area contributed by atoms with E-state index in [2.05, 4.69) is 22.5 Å². The van der Waals surface area contributed by atoms with Crippen molar-refractivity contribution in [2.75, 3.05) is 13.6 Å². The molecule has 2 aromatic carbocycles. The predicted octanol–water partition coefficient (Wildman–Crippen LogP) is 2.27. The second-order valence-electron chi connectivity index (χ2n) is 8.02. The molecule has 0 bridgehead atoms. The van der Waals surface area contributed by atoms with Crippen LogP contribution >= 0.6 is 0 Å². The van der Waals surface area contributed by atoms with Gasteiger partial charge in [0.15, 0.2) is 0 Å². The Bertz CT molecular complexity index is 1030. The minimum Gasteiger partial charge on any atom is -0.368 e. The van der Waals surface area contributed by atoms with Crippen molar-refractivity contribution in [3.8, 4) is 0 Å². The lowest BCUT2D eigenvalue weighted by Crippen LogP contribution is -2.37. The summed E-state index contributed by atoms with van der Waals surface area (Å²) in [4.78, 5) is 26.3. The standard InChI is InChI=1S/C24H27N5O2/c1-28-21(30)12-19(13-26-22(24(25)31)18-10-6-3-7-11-18)23(28)20-14-27-29(16-20)15-17-8-4-2-5-9-17/h2-11,14,16,19,22-23,26H,12-13,15H2,1H3,(H2,25,31)/t19-,22-,23+/m0/s1. The van der Waals surface area contributed by atoms with Gasteiger partial charge in [-0.15, -0.1) is 0 Å². The number of primary amides is 1. The summed E-state index contributed by atoms with van der Waals surface area (Å²) in [6.45, 7) is 1.17. The molecule has 1 aliphatic heterocycles. The summed E-state index contributed by atoms with van der Waals surface area (Å²) in [7, 11) is 1.82. The number of nitrogens with two attached hydrogens (primary N) is 1. The molecule has 31 heavy (non-hydrogen) atoms. The Hall–Kier alpha value is -3.45. The molecule has 2 heterocycles. The van der Waals surface area contributed by atoms with Crippen molar-refractivity contribution in [1.29, 1.82) is 0 Å². The van der Waals surface area contributed by atoms with Crippen LogP contribution in [0.5, 0.6) is 0 Å². The van der Waals surface area contributed by atoms with Crippen LogP contribution in [0.25, 0.3) is 0 Å². The second-order valence-corrected chi connectivity index (χ2v) is 8.02. The molecule has 3 aromatic rings. The van der Waals surface area contributed by atoms with Crippen LogP contribution in [-0.4, -0.2) is 40.1 Å². The minimum absolute atomic E-state index is 0.0115. The van der Waals surface area contributed by atoms with E-state index >= 15 is 0 Å². The van der Waals surface area contributed by atoms with E-state index in [-0.39, 0.29) is 17.9 Å². The number of hydrogen-bond donors (Lipinski definition) is 2. The van der Waals surface area contributed by atoms with Gasteiger partial charge in [0.05, 0.1) is 18.8 Å². The number of nitrogens with one attached hydrogen (secondary N) is 1. The van der Waals surface area contributed by atoms with E-state index in [0.717, 1.165) is 11.1 Å². The number of amides is 2. The zero-order valence-corrected chi connectivity index (χ0v) is 17.5. The molecule has 7 nitrogen and oxygen atoms in total. The zero-order valence-electron chi connectivity index (χ0n) is 17.5. The number of nitrogens with zero attached hydrogens (tertiary/aromatic N) is 3. The maximum atomic E-state index is 12.5. The van der Waals surface area contributed by atoms with Gasteiger partial charge >= 0.3 is 0 Å². The molecule has 2 amide bonds. The molecule has 0 saturated carbocycles. The average molecular weight is 418 g/mol. The highest BCUT2D eigenvalue weighted by Gasteiger charge is 2.39. The SMILES string of the molecule is CN1C(=O)C[C@@H](CN[C@H](C(N)=O)c2ccccc2)[C@@H]1c1cnn(Cc2ccccc2)c1. The maximum Gasteiger partial charge on any atom is 0.239 e. The van der Waals surface area contributed by atoms with Crippen molar-refractivity contribution in [2.24, 2.45) is 11.7 Å². The van der Waals surface area contributed by atoms with E-state index in [4.69, 9.17) is 5.73 Å². The predicted molar refractivity (Wildman–Crippen MR) is 118 cm³/mol. The van der Waals surface area contributed by atoms with Crippen molar-refractivity contribution in [2.45, 2.75) is 25.0 Å². The molecule has 0 spiro atoms. The van der Waals surface area contributed by atoms with Crippen molar-refractivity contribution in [3.63, 3.8) is 0 Å². The third-order valence-electron chi connectivity index (χ3n) is 5.88. The van der Waals surface area contributed by atoms with E-state index in [1.807, 2.05) is 72.7 Å². The zero-order chi connectivity index (χ0) is 21.8. The van der Waals surface area contributed by atoms with Gasteiger partial charge in [-0.25, -0.2) is 0 Å². The fourth-order valence-electron chi connectivity index (χ4n) is 4.32. The lowest BCUT2D eigenvalue weighted by molar-refractivity contribution is -0.127. The first-order chi connectivity index (χ1) is 15.0. The first-order valence-corrected chi connectivity index (χ1v) is 10.4. The van der Waals surface area contributed by atoms with Crippen LogP contribution in [0.4, 0.5) is 0 Å². The smallest absolute Gasteiger partial charge is 0.239 e. The van der Waals surface area contributed by atoms with Crippen LogP contribution in [0.1, 0.15) is 35.2 Å². The molecular formula is C24H27N5O2. The molecule has 0 aliphatic carbocycles. The Morgan fingerprint density at radius 2 is 1.84 bits per heavy atom. The van der Waals surface area contributed by atoms with Crippen LogP contribution in [0.15, 0.2) is 73.1 Å². The molecule has 0 radical (unpaired) electrons. The summed E-state index contributed by atoms with van der Waals surface area (Å²) < 4.78 is 1.89. The Balaban J connectivity index is 1.49. The Morgan fingerprint density at radius 1 is 1.16 bits per heavy atom. The Morgan fingerprint density at radius 3 is 2.52 bits per heavy atom. The van der Waals surface area contributed by atoms with E-state index < -0.39 is 11.9 Å². The third-order valence-corrected chi connectivity index (χ3v) is 5.88. The molecule has 7 heteroatoms. The molecular weight excluding hydrogens is 390 g/mol. The quantitative estimate of drug-likeness (QED) is 0.588. The summed E-state index contributed by atoms with van der Waals surface area (Å²) in [5.41, 5.74) is 8.61. The van der Waals surface area contributed by atoms with Gasteiger partial charge in [0, 0.05) is 37.7 Å². The number of aromatic nitrogens is 2. The van der Waals surface area contributed by atoms with E-state index in [9.17, 15) is 9.59 Å². The van der Waals surface area contributed by atoms with E-state index in [1.165, 1.54) is 5.56 Å². The van der Waals surface area contributed by atoms with Gasteiger partial charge in [0.1, 0.15) is 6.04 Å². The summed E-state index contributed by atoms with van der Waals surface area (Å²) >= 11 is 0. The van der Waals surface area contributed by atoms with Crippen LogP contribution in [-0.2, 0) is 16.1 Å². The van der Waals surface area contributed by atoms with Crippen molar-refractivity contribution in [3.05, 3.63) is 89.7 Å². The summed E-state index contributed by atoms with van der Waals surface area (Å²) in [6, 6.07) is 18.8. The summed E-state index contributed by atoms with van der Waals surface area (Å²) in [5, 5.41) is 7.79. The molecule has 0 unspecified atom stereocenters. The first-order valence-electron chi connectivity index (χ1n) is 10.4. The Kier molecular flexibility index (Phi) is 6.13. The maximum absolute atomic E-state index is 12.5. The fraction of sp³-hybridized carbons (Fsp3) is 0.292. The lowest BCUT2D eigenvalue weighted by Gasteiger charge is -2.25. The number of rotatable bonds is 8. The molecule has 1 fully saturated rings. The van der Waals surface area contributed by atoms with Crippen LogP contribution < -0.4 is 11.1 Å². The summed E-state index contributed by atoms with van der Waals surface area (Å²) in [5.74, 6) is -0.337. The monoisotopic (exact) mass is 417 g/mol. The third kappa shape index (κ3) is 4.67. The van der Waals surface area contributed by atoms with Gasteiger partial charge < -0.3 is 16.0 Å². The van der Waals surface area contributed by atoms with Crippen molar-refractivity contribution < 1.29 is 9.59 Å². The number of hydrogen-bond acceptors (Lipinski definition) is 4. The fourth-order valence-corrected chi connectivity index (χ4v) is 4.32. The van der Waals surface area contributed by atoms with Crippen LogP contribution in [0.3, 0.4) is 0 Å². The lowest BCUT2D eigenvalue weighted by atomic mass is 9.95.